The number of para-hydroxylation sites is 1. The van der Waals surface area contributed by atoms with Crippen molar-refractivity contribution >= 4 is 26.5 Å². The zero-order chi connectivity index (χ0) is 20.4. The van der Waals surface area contributed by atoms with Crippen molar-refractivity contribution in [1.82, 2.24) is 4.72 Å². The van der Waals surface area contributed by atoms with Crippen LogP contribution in [0.4, 0.5) is 5.69 Å². The highest BCUT2D eigenvalue weighted by atomic mass is 32.2. The lowest BCUT2D eigenvalue weighted by Crippen LogP contribution is -2.33. The summed E-state index contributed by atoms with van der Waals surface area (Å²) in [5, 5.41) is 1.82. The average molecular weight is 411 g/mol. The van der Waals surface area contributed by atoms with Gasteiger partial charge in [-0.25, -0.2) is 13.1 Å². The molecule has 0 bridgehead atoms. The molecule has 0 amide bonds. The highest BCUT2D eigenvalue weighted by molar-refractivity contribution is 7.89. The highest BCUT2D eigenvalue weighted by Gasteiger charge is 2.25. The van der Waals surface area contributed by atoms with Crippen LogP contribution in [-0.4, -0.2) is 34.7 Å². The van der Waals surface area contributed by atoms with Gasteiger partial charge in [0, 0.05) is 24.8 Å². The van der Waals surface area contributed by atoms with Crippen molar-refractivity contribution in [2.45, 2.75) is 30.7 Å². The summed E-state index contributed by atoms with van der Waals surface area (Å²) in [6, 6.07) is 19.7. The molecule has 1 N–H and O–H groups in total. The van der Waals surface area contributed by atoms with Crippen molar-refractivity contribution in [2.75, 3.05) is 25.1 Å². The Labute approximate surface area is 172 Å². The molecule has 1 aliphatic rings. The molecule has 29 heavy (non-hydrogen) atoms. The Balaban J connectivity index is 1.39. The smallest absolute Gasteiger partial charge is 0.240 e. The van der Waals surface area contributed by atoms with E-state index in [1.165, 1.54) is 11.3 Å². The van der Waals surface area contributed by atoms with E-state index in [2.05, 4.69) is 40.8 Å². The Morgan fingerprint density at radius 2 is 1.83 bits per heavy atom. The minimum absolute atomic E-state index is 0.287. The number of nitrogens with zero attached hydrogens (tertiary/aromatic N) is 1. The number of fused-ring (bicyclic) bond motifs is 2. The second-order valence-electron chi connectivity index (χ2n) is 7.50. The topological polar surface area (TPSA) is 58.6 Å². The predicted octanol–water partition coefficient (Wildman–Crippen LogP) is 3.97. The SMILES string of the molecule is COc1ccc2cc(S(=O)(=O)NCCCN3c4ccccc4C[C@@H]3C)ccc2c1. The highest BCUT2D eigenvalue weighted by Crippen LogP contribution is 2.31. The molecule has 4 rings (SSSR count). The maximum Gasteiger partial charge on any atom is 0.240 e. The minimum atomic E-state index is -3.54. The van der Waals surface area contributed by atoms with E-state index in [-0.39, 0.29) is 4.90 Å². The van der Waals surface area contributed by atoms with Crippen molar-refractivity contribution in [3.63, 3.8) is 0 Å². The molecule has 0 radical (unpaired) electrons. The fraction of sp³-hybridized carbons (Fsp3) is 0.304. The van der Waals surface area contributed by atoms with Gasteiger partial charge < -0.3 is 9.64 Å². The first-order valence-electron chi connectivity index (χ1n) is 9.90. The molecule has 1 aliphatic heterocycles. The molecule has 1 atom stereocenters. The van der Waals surface area contributed by atoms with Crippen molar-refractivity contribution < 1.29 is 13.2 Å². The lowest BCUT2D eigenvalue weighted by molar-refractivity contribution is 0.415. The van der Waals surface area contributed by atoms with Gasteiger partial charge in [-0.3, -0.25) is 0 Å². The Morgan fingerprint density at radius 1 is 1.07 bits per heavy atom. The van der Waals surface area contributed by atoms with Gasteiger partial charge in [0.2, 0.25) is 10.0 Å². The predicted molar refractivity (Wildman–Crippen MR) is 117 cm³/mol. The van der Waals surface area contributed by atoms with Crippen LogP contribution in [0.2, 0.25) is 0 Å². The first-order valence-corrected chi connectivity index (χ1v) is 11.4. The van der Waals surface area contributed by atoms with E-state index in [9.17, 15) is 8.42 Å². The van der Waals surface area contributed by atoms with Gasteiger partial charge in [0.05, 0.1) is 12.0 Å². The number of benzene rings is 3. The number of sulfonamides is 1. The monoisotopic (exact) mass is 410 g/mol. The molecule has 5 nitrogen and oxygen atoms in total. The minimum Gasteiger partial charge on any atom is -0.497 e. The lowest BCUT2D eigenvalue weighted by Gasteiger charge is -2.24. The number of hydrogen-bond acceptors (Lipinski definition) is 4. The van der Waals surface area contributed by atoms with Gasteiger partial charge in [-0.15, -0.1) is 0 Å². The Kier molecular flexibility index (Phi) is 5.48. The number of ether oxygens (including phenoxy) is 1. The summed E-state index contributed by atoms with van der Waals surface area (Å²) in [6.45, 7) is 3.46. The maximum atomic E-state index is 12.7. The van der Waals surface area contributed by atoms with Crippen LogP contribution in [0, 0.1) is 0 Å². The Hall–Kier alpha value is -2.57. The molecule has 0 saturated heterocycles. The molecule has 0 aromatic heterocycles. The van der Waals surface area contributed by atoms with Gasteiger partial charge in [0.15, 0.2) is 0 Å². The van der Waals surface area contributed by atoms with E-state index in [0.29, 0.717) is 12.6 Å². The molecular formula is C23H26N2O3S. The summed E-state index contributed by atoms with van der Waals surface area (Å²) in [4.78, 5) is 2.66. The Morgan fingerprint density at radius 3 is 2.66 bits per heavy atom. The number of methoxy groups -OCH3 is 1. The fourth-order valence-corrected chi connectivity index (χ4v) is 5.11. The van der Waals surface area contributed by atoms with E-state index in [4.69, 9.17) is 4.74 Å². The number of rotatable bonds is 7. The van der Waals surface area contributed by atoms with Crippen molar-refractivity contribution in [3.05, 3.63) is 66.2 Å². The molecule has 152 valence electrons. The van der Waals surface area contributed by atoms with Gasteiger partial charge in [0.25, 0.3) is 0 Å². The summed E-state index contributed by atoms with van der Waals surface area (Å²) >= 11 is 0. The second kappa shape index (κ2) is 8.05. The van der Waals surface area contributed by atoms with E-state index in [0.717, 1.165) is 35.9 Å². The van der Waals surface area contributed by atoms with Crippen LogP contribution in [0.25, 0.3) is 10.8 Å². The van der Waals surface area contributed by atoms with E-state index in [1.54, 1.807) is 19.2 Å². The molecule has 3 aromatic rings. The van der Waals surface area contributed by atoms with E-state index >= 15 is 0 Å². The van der Waals surface area contributed by atoms with Gasteiger partial charge in [-0.2, -0.15) is 0 Å². The first-order chi connectivity index (χ1) is 14.0. The lowest BCUT2D eigenvalue weighted by atomic mass is 10.1. The van der Waals surface area contributed by atoms with Crippen LogP contribution < -0.4 is 14.4 Å². The van der Waals surface area contributed by atoms with Crippen molar-refractivity contribution in [1.29, 1.82) is 0 Å². The van der Waals surface area contributed by atoms with Crippen molar-refractivity contribution in [3.8, 4) is 5.75 Å². The van der Waals surface area contributed by atoms with Gasteiger partial charge in [-0.1, -0.05) is 30.3 Å². The quantitative estimate of drug-likeness (QED) is 0.599. The molecule has 0 spiro atoms. The molecular weight excluding hydrogens is 384 g/mol. The van der Waals surface area contributed by atoms with Crippen LogP contribution in [0.15, 0.2) is 65.6 Å². The molecule has 3 aromatic carbocycles. The van der Waals surface area contributed by atoms with E-state index in [1.807, 2.05) is 24.3 Å². The second-order valence-corrected chi connectivity index (χ2v) is 9.27. The number of nitrogens with one attached hydrogen (secondary N) is 1. The largest absolute Gasteiger partial charge is 0.497 e. The first kappa shape index (κ1) is 19.7. The fourth-order valence-electron chi connectivity index (χ4n) is 4.01. The normalized spacial score (nSPS) is 16.2. The third-order valence-corrected chi connectivity index (χ3v) is 7.00. The molecule has 0 unspecified atom stereocenters. The third-order valence-electron chi connectivity index (χ3n) is 5.55. The molecule has 1 heterocycles. The van der Waals surface area contributed by atoms with Crippen molar-refractivity contribution in [2.24, 2.45) is 0 Å². The van der Waals surface area contributed by atoms with Gasteiger partial charge in [-0.05, 0) is 66.4 Å². The Bertz CT molecular complexity index is 1130. The summed E-state index contributed by atoms with van der Waals surface area (Å²) in [5.41, 5.74) is 2.64. The van der Waals surface area contributed by atoms with Crippen LogP contribution >= 0.6 is 0 Å². The van der Waals surface area contributed by atoms with Crippen LogP contribution in [0.5, 0.6) is 5.75 Å². The summed E-state index contributed by atoms with van der Waals surface area (Å²) in [6.07, 6.45) is 1.80. The van der Waals surface area contributed by atoms with Gasteiger partial charge >= 0.3 is 0 Å². The zero-order valence-electron chi connectivity index (χ0n) is 16.8. The molecule has 0 fully saturated rings. The van der Waals surface area contributed by atoms with Crippen LogP contribution in [-0.2, 0) is 16.4 Å². The summed E-state index contributed by atoms with van der Waals surface area (Å²) in [7, 11) is -1.92. The maximum absolute atomic E-state index is 12.7. The van der Waals surface area contributed by atoms with Crippen LogP contribution in [0.3, 0.4) is 0 Å². The number of anilines is 1. The van der Waals surface area contributed by atoms with Crippen LogP contribution in [0.1, 0.15) is 18.9 Å². The average Bonchev–Trinajstić information content (AvgIpc) is 3.05. The zero-order valence-corrected chi connectivity index (χ0v) is 17.6. The molecule has 0 saturated carbocycles. The number of hydrogen-bond donors (Lipinski definition) is 1. The molecule has 6 heteroatoms. The summed E-state index contributed by atoms with van der Waals surface area (Å²) in [5.74, 6) is 0.754. The van der Waals surface area contributed by atoms with Gasteiger partial charge in [0.1, 0.15) is 5.75 Å². The summed E-state index contributed by atoms with van der Waals surface area (Å²) < 4.78 is 33.4. The van der Waals surface area contributed by atoms with E-state index < -0.39 is 10.0 Å². The standard InChI is InChI=1S/C23H26N2O3S/c1-17-14-20-6-3-4-7-23(20)25(17)13-5-12-24-29(26,27)22-11-9-18-15-21(28-2)10-8-19(18)16-22/h3-4,6-11,15-17,24H,5,12-14H2,1-2H3/t17-/m0/s1. The third kappa shape index (κ3) is 4.09. The molecule has 0 aliphatic carbocycles.